The summed E-state index contributed by atoms with van der Waals surface area (Å²) in [5.41, 5.74) is 8.71. The van der Waals surface area contributed by atoms with Crippen molar-refractivity contribution in [1.82, 2.24) is 0 Å². The summed E-state index contributed by atoms with van der Waals surface area (Å²) in [5.74, 6) is 0. The van der Waals surface area contributed by atoms with Gasteiger partial charge < -0.3 is 10.5 Å². The van der Waals surface area contributed by atoms with Crippen molar-refractivity contribution in [2.24, 2.45) is 0 Å². The molecule has 1 aromatic carbocycles. The molecule has 19 heavy (non-hydrogen) atoms. The van der Waals surface area contributed by atoms with Crippen molar-refractivity contribution in [2.45, 2.75) is 31.9 Å². The van der Waals surface area contributed by atoms with Crippen LogP contribution in [0.15, 0.2) is 12.1 Å². The predicted octanol–water partition coefficient (Wildman–Crippen LogP) is 1.81. The monoisotopic (exact) mass is 284 g/mol. The number of ether oxygens (including phenoxy) is 1. The SMILES string of the molecule is Cc1cc(N)cc(C)c1NS(=O)(=O)C1CCOCC1. The van der Waals surface area contributed by atoms with E-state index in [4.69, 9.17) is 10.5 Å². The van der Waals surface area contributed by atoms with Gasteiger partial charge in [-0.1, -0.05) is 0 Å². The molecule has 0 radical (unpaired) electrons. The van der Waals surface area contributed by atoms with Crippen molar-refractivity contribution in [1.29, 1.82) is 0 Å². The van der Waals surface area contributed by atoms with Gasteiger partial charge in [-0.3, -0.25) is 4.72 Å². The van der Waals surface area contributed by atoms with Crippen LogP contribution < -0.4 is 10.5 Å². The first kappa shape index (κ1) is 14.1. The second-order valence-electron chi connectivity index (χ2n) is 4.99. The molecule has 0 spiro atoms. The lowest BCUT2D eigenvalue weighted by Gasteiger charge is -2.24. The zero-order valence-electron chi connectivity index (χ0n) is 11.3. The van der Waals surface area contributed by atoms with Crippen LogP contribution in [0, 0.1) is 13.8 Å². The molecule has 0 atom stereocenters. The maximum atomic E-state index is 12.3. The molecule has 0 amide bonds. The Morgan fingerprint density at radius 1 is 1.21 bits per heavy atom. The molecule has 0 aromatic heterocycles. The molecule has 2 rings (SSSR count). The Hall–Kier alpha value is -1.27. The van der Waals surface area contributed by atoms with E-state index in [2.05, 4.69) is 4.72 Å². The van der Waals surface area contributed by atoms with Crippen LogP contribution in [0.2, 0.25) is 0 Å². The number of hydrogen-bond donors (Lipinski definition) is 2. The lowest BCUT2D eigenvalue weighted by molar-refractivity contribution is 0.0984. The van der Waals surface area contributed by atoms with E-state index < -0.39 is 10.0 Å². The first-order valence-corrected chi connectivity index (χ1v) is 7.91. The molecule has 1 aliphatic rings. The van der Waals surface area contributed by atoms with Crippen LogP contribution in [-0.4, -0.2) is 26.9 Å². The van der Waals surface area contributed by atoms with E-state index in [-0.39, 0.29) is 5.25 Å². The first-order chi connectivity index (χ1) is 8.90. The van der Waals surface area contributed by atoms with Crippen LogP contribution in [-0.2, 0) is 14.8 Å². The molecule has 0 bridgehead atoms. The normalized spacial score (nSPS) is 17.4. The number of rotatable bonds is 3. The maximum absolute atomic E-state index is 12.3. The Kier molecular flexibility index (Phi) is 4.01. The van der Waals surface area contributed by atoms with E-state index in [0.29, 0.717) is 37.4 Å². The van der Waals surface area contributed by atoms with E-state index >= 15 is 0 Å². The fourth-order valence-electron chi connectivity index (χ4n) is 2.37. The van der Waals surface area contributed by atoms with Gasteiger partial charge in [-0.15, -0.1) is 0 Å². The highest BCUT2D eigenvalue weighted by Crippen LogP contribution is 2.26. The number of anilines is 2. The van der Waals surface area contributed by atoms with E-state index in [9.17, 15) is 8.42 Å². The molecular formula is C13H20N2O3S. The Morgan fingerprint density at radius 3 is 2.26 bits per heavy atom. The molecule has 5 nitrogen and oxygen atoms in total. The number of nitrogen functional groups attached to an aromatic ring is 1. The highest BCUT2D eigenvalue weighted by molar-refractivity contribution is 7.93. The van der Waals surface area contributed by atoms with Crippen molar-refractivity contribution in [3.8, 4) is 0 Å². The van der Waals surface area contributed by atoms with Crippen LogP contribution in [0.3, 0.4) is 0 Å². The molecule has 0 saturated carbocycles. The van der Waals surface area contributed by atoms with Crippen LogP contribution in [0.5, 0.6) is 0 Å². The number of hydrogen-bond acceptors (Lipinski definition) is 4. The summed E-state index contributed by atoms with van der Waals surface area (Å²) >= 11 is 0. The first-order valence-electron chi connectivity index (χ1n) is 6.36. The van der Waals surface area contributed by atoms with Gasteiger partial charge in [-0.05, 0) is 49.9 Å². The fourth-order valence-corrected chi connectivity index (χ4v) is 3.96. The minimum Gasteiger partial charge on any atom is -0.399 e. The summed E-state index contributed by atoms with van der Waals surface area (Å²) in [5, 5.41) is -0.377. The Bertz CT molecular complexity index is 540. The second kappa shape index (κ2) is 5.38. The highest BCUT2D eigenvalue weighted by Gasteiger charge is 2.28. The van der Waals surface area contributed by atoms with Gasteiger partial charge in [-0.25, -0.2) is 8.42 Å². The Balaban J connectivity index is 2.25. The van der Waals surface area contributed by atoms with Gasteiger partial charge >= 0.3 is 0 Å². The summed E-state index contributed by atoms with van der Waals surface area (Å²) in [4.78, 5) is 0. The Labute approximate surface area is 114 Å². The average molecular weight is 284 g/mol. The number of benzene rings is 1. The van der Waals surface area contributed by atoms with Crippen molar-refractivity contribution < 1.29 is 13.2 Å². The lowest BCUT2D eigenvalue weighted by Crippen LogP contribution is -2.33. The third kappa shape index (κ3) is 3.19. The van der Waals surface area contributed by atoms with Crippen molar-refractivity contribution >= 4 is 21.4 Å². The molecule has 1 saturated heterocycles. The smallest absolute Gasteiger partial charge is 0.235 e. The zero-order chi connectivity index (χ0) is 14.0. The van der Waals surface area contributed by atoms with Crippen molar-refractivity contribution in [2.75, 3.05) is 23.7 Å². The van der Waals surface area contributed by atoms with Gasteiger partial charge in [0.05, 0.1) is 10.9 Å². The average Bonchev–Trinajstić information content (AvgIpc) is 2.35. The van der Waals surface area contributed by atoms with Crippen molar-refractivity contribution in [3.63, 3.8) is 0 Å². The van der Waals surface area contributed by atoms with Gasteiger partial charge in [0.1, 0.15) is 0 Å². The Morgan fingerprint density at radius 2 is 1.74 bits per heavy atom. The topological polar surface area (TPSA) is 81.4 Å². The van der Waals surface area contributed by atoms with E-state index in [1.165, 1.54) is 0 Å². The second-order valence-corrected chi connectivity index (χ2v) is 6.95. The highest BCUT2D eigenvalue weighted by atomic mass is 32.2. The number of nitrogens with two attached hydrogens (primary N) is 1. The fraction of sp³-hybridized carbons (Fsp3) is 0.538. The number of aryl methyl sites for hydroxylation is 2. The van der Waals surface area contributed by atoms with Gasteiger partial charge in [-0.2, -0.15) is 0 Å². The summed E-state index contributed by atoms with van der Waals surface area (Å²) in [6.45, 7) is 4.72. The van der Waals surface area contributed by atoms with Crippen molar-refractivity contribution in [3.05, 3.63) is 23.3 Å². The number of nitrogens with one attached hydrogen (secondary N) is 1. The maximum Gasteiger partial charge on any atom is 0.235 e. The lowest BCUT2D eigenvalue weighted by atomic mass is 10.1. The van der Waals surface area contributed by atoms with E-state index in [0.717, 1.165) is 11.1 Å². The molecule has 1 heterocycles. The molecule has 0 unspecified atom stereocenters. The van der Waals surface area contributed by atoms with Gasteiger partial charge in [0.2, 0.25) is 10.0 Å². The third-order valence-electron chi connectivity index (χ3n) is 3.41. The minimum atomic E-state index is -3.37. The standard InChI is InChI=1S/C13H20N2O3S/c1-9-7-11(14)8-10(2)13(9)15-19(16,17)12-3-5-18-6-4-12/h7-8,12,15H,3-6,14H2,1-2H3. The molecule has 1 aliphatic heterocycles. The van der Waals surface area contributed by atoms with E-state index in [1.807, 2.05) is 13.8 Å². The predicted molar refractivity (Wildman–Crippen MR) is 76.7 cm³/mol. The summed E-state index contributed by atoms with van der Waals surface area (Å²) in [6, 6.07) is 3.55. The minimum absolute atomic E-state index is 0.377. The summed E-state index contributed by atoms with van der Waals surface area (Å²) in [6.07, 6.45) is 1.09. The van der Waals surface area contributed by atoms with Crippen LogP contribution in [0.4, 0.5) is 11.4 Å². The molecule has 0 aliphatic carbocycles. The molecule has 1 aromatic rings. The van der Waals surface area contributed by atoms with Crippen LogP contribution in [0.1, 0.15) is 24.0 Å². The zero-order valence-corrected chi connectivity index (χ0v) is 12.1. The van der Waals surface area contributed by atoms with Gasteiger partial charge in [0.25, 0.3) is 0 Å². The molecular weight excluding hydrogens is 264 g/mol. The van der Waals surface area contributed by atoms with Gasteiger partial charge in [0, 0.05) is 18.9 Å². The molecule has 1 fully saturated rings. The van der Waals surface area contributed by atoms with Crippen LogP contribution in [0.25, 0.3) is 0 Å². The largest absolute Gasteiger partial charge is 0.399 e. The van der Waals surface area contributed by atoms with Gasteiger partial charge in [0.15, 0.2) is 0 Å². The quantitative estimate of drug-likeness (QED) is 0.829. The molecule has 3 N–H and O–H groups in total. The van der Waals surface area contributed by atoms with Crippen LogP contribution >= 0.6 is 0 Å². The summed E-state index contributed by atoms with van der Waals surface area (Å²) < 4.78 is 32.6. The molecule has 6 heteroatoms. The van der Waals surface area contributed by atoms with E-state index in [1.54, 1.807) is 12.1 Å². The third-order valence-corrected chi connectivity index (χ3v) is 5.24. The summed E-state index contributed by atoms with van der Waals surface area (Å²) in [7, 11) is -3.37. The number of sulfonamides is 1. The molecule has 106 valence electrons.